The van der Waals surface area contributed by atoms with Gasteiger partial charge in [0.05, 0.1) is 6.33 Å². The minimum absolute atomic E-state index is 0. The molecule has 2 aromatic rings. The second-order valence-electron chi connectivity index (χ2n) is 6.18. The first-order valence-electron chi connectivity index (χ1n) is 8.31. The zero-order valence-electron chi connectivity index (χ0n) is 14.2. The highest BCUT2D eigenvalue weighted by Crippen LogP contribution is 2.14. The number of benzene rings is 1. The average molecular weight is 385 g/mol. The number of carbonyl (C=O) groups is 1. The molecule has 3 rings (SSSR count). The molecule has 138 valence electrons. The van der Waals surface area contributed by atoms with Gasteiger partial charge in [0.1, 0.15) is 0 Å². The first-order valence-corrected chi connectivity index (χ1v) is 8.31. The third kappa shape index (κ3) is 6.69. The number of halogens is 2. The highest BCUT2D eigenvalue weighted by molar-refractivity contribution is 5.85. The van der Waals surface area contributed by atoms with Crippen molar-refractivity contribution in [2.45, 2.75) is 32.4 Å². The van der Waals surface area contributed by atoms with Crippen LogP contribution in [0.25, 0.3) is 0 Å². The van der Waals surface area contributed by atoms with Crippen LogP contribution in [-0.2, 0) is 17.9 Å². The van der Waals surface area contributed by atoms with Gasteiger partial charge in [0.25, 0.3) is 0 Å². The van der Waals surface area contributed by atoms with E-state index < -0.39 is 0 Å². The van der Waals surface area contributed by atoms with Gasteiger partial charge in [-0.25, -0.2) is 4.98 Å². The molecule has 5 nitrogen and oxygen atoms in total. The zero-order chi connectivity index (χ0) is 15.9. The van der Waals surface area contributed by atoms with Crippen molar-refractivity contribution in [1.82, 2.24) is 20.2 Å². The van der Waals surface area contributed by atoms with Crippen LogP contribution >= 0.6 is 24.8 Å². The molecule has 0 bridgehead atoms. The Kier molecular flexibility index (Phi) is 9.57. The fraction of sp³-hybridized carbons (Fsp3) is 0.444. The molecule has 1 atom stereocenters. The lowest BCUT2D eigenvalue weighted by atomic mass is 10.0. The number of carbonyl (C=O) groups excluding carboxylic acids is 1. The monoisotopic (exact) mass is 384 g/mol. The van der Waals surface area contributed by atoms with E-state index in [0.717, 1.165) is 31.6 Å². The summed E-state index contributed by atoms with van der Waals surface area (Å²) in [5.41, 5.74) is 2.38. The lowest BCUT2D eigenvalue weighted by molar-refractivity contribution is -0.121. The van der Waals surface area contributed by atoms with Crippen LogP contribution in [0.4, 0.5) is 0 Å². The molecule has 1 saturated heterocycles. The van der Waals surface area contributed by atoms with Crippen LogP contribution in [0.1, 0.15) is 30.4 Å². The third-order valence-corrected chi connectivity index (χ3v) is 4.45. The average Bonchev–Trinajstić information content (AvgIpc) is 3.25. The largest absolute Gasteiger partial charge is 0.352 e. The van der Waals surface area contributed by atoms with E-state index in [9.17, 15) is 4.79 Å². The fourth-order valence-corrected chi connectivity index (χ4v) is 3.04. The van der Waals surface area contributed by atoms with Crippen LogP contribution in [0.3, 0.4) is 0 Å². The van der Waals surface area contributed by atoms with Crippen LogP contribution in [0.5, 0.6) is 0 Å². The molecule has 0 spiro atoms. The third-order valence-electron chi connectivity index (χ3n) is 4.45. The SMILES string of the molecule is Cl.Cl.O=C(CCC1CCNC1)NCc1ccccc1Cn1ccnc1. The van der Waals surface area contributed by atoms with Gasteiger partial charge in [-0.05, 0) is 43.0 Å². The number of imidazole rings is 1. The highest BCUT2D eigenvalue weighted by atomic mass is 35.5. The van der Waals surface area contributed by atoms with Crippen molar-refractivity contribution >= 4 is 30.7 Å². The molecular formula is C18H26Cl2N4O. The molecule has 0 aliphatic carbocycles. The Morgan fingerprint density at radius 1 is 1.28 bits per heavy atom. The smallest absolute Gasteiger partial charge is 0.220 e. The van der Waals surface area contributed by atoms with Crippen LogP contribution in [0.2, 0.25) is 0 Å². The maximum absolute atomic E-state index is 12.1. The van der Waals surface area contributed by atoms with Crippen LogP contribution in [0.15, 0.2) is 43.0 Å². The molecule has 1 aliphatic heterocycles. The normalized spacial score (nSPS) is 15.9. The van der Waals surface area contributed by atoms with Crippen molar-refractivity contribution in [3.63, 3.8) is 0 Å². The van der Waals surface area contributed by atoms with Gasteiger partial charge in [-0.3, -0.25) is 4.79 Å². The summed E-state index contributed by atoms with van der Waals surface area (Å²) in [5, 5.41) is 6.40. The van der Waals surface area contributed by atoms with Crippen molar-refractivity contribution < 1.29 is 4.79 Å². The number of aromatic nitrogens is 2. The van der Waals surface area contributed by atoms with Gasteiger partial charge in [-0.2, -0.15) is 0 Å². The van der Waals surface area contributed by atoms with E-state index in [1.807, 2.05) is 29.2 Å². The molecule has 1 unspecified atom stereocenters. The zero-order valence-corrected chi connectivity index (χ0v) is 15.8. The maximum atomic E-state index is 12.1. The number of nitrogens with one attached hydrogen (secondary N) is 2. The Labute approximate surface area is 161 Å². The predicted octanol–water partition coefficient (Wildman–Crippen LogP) is 2.78. The van der Waals surface area contributed by atoms with Gasteiger partial charge < -0.3 is 15.2 Å². The number of hydrogen-bond acceptors (Lipinski definition) is 3. The lowest BCUT2D eigenvalue weighted by Gasteiger charge is -2.12. The second-order valence-corrected chi connectivity index (χ2v) is 6.18. The molecule has 1 aromatic carbocycles. The summed E-state index contributed by atoms with van der Waals surface area (Å²) in [6.07, 6.45) is 8.34. The number of hydrogen-bond donors (Lipinski definition) is 2. The van der Waals surface area contributed by atoms with Crippen molar-refractivity contribution in [1.29, 1.82) is 0 Å². The molecule has 1 aliphatic rings. The van der Waals surface area contributed by atoms with E-state index in [0.29, 0.717) is 18.9 Å². The van der Waals surface area contributed by atoms with Gasteiger partial charge >= 0.3 is 0 Å². The quantitative estimate of drug-likeness (QED) is 0.771. The molecule has 1 fully saturated rings. The fourth-order valence-electron chi connectivity index (χ4n) is 3.04. The molecule has 2 heterocycles. The summed E-state index contributed by atoms with van der Waals surface area (Å²) >= 11 is 0. The van der Waals surface area contributed by atoms with Crippen LogP contribution < -0.4 is 10.6 Å². The Balaban J connectivity index is 0.00000156. The summed E-state index contributed by atoms with van der Waals surface area (Å²) < 4.78 is 2.04. The maximum Gasteiger partial charge on any atom is 0.220 e. The first-order chi connectivity index (χ1) is 11.3. The summed E-state index contributed by atoms with van der Waals surface area (Å²) in [6, 6.07) is 8.23. The summed E-state index contributed by atoms with van der Waals surface area (Å²) in [5.74, 6) is 0.809. The van der Waals surface area contributed by atoms with Crippen LogP contribution in [0, 0.1) is 5.92 Å². The number of rotatable bonds is 7. The van der Waals surface area contributed by atoms with E-state index in [1.54, 1.807) is 6.20 Å². The topological polar surface area (TPSA) is 59.0 Å². The predicted molar refractivity (Wildman–Crippen MR) is 104 cm³/mol. The van der Waals surface area contributed by atoms with Gasteiger partial charge in [0.15, 0.2) is 0 Å². The second kappa shape index (κ2) is 11.1. The minimum Gasteiger partial charge on any atom is -0.352 e. The van der Waals surface area contributed by atoms with E-state index in [1.165, 1.54) is 12.0 Å². The van der Waals surface area contributed by atoms with Crippen molar-refractivity contribution in [3.8, 4) is 0 Å². The Morgan fingerprint density at radius 3 is 2.76 bits per heavy atom. The van der Waals surface area contributed by atoms with E-state index in [4.69, 9.17) is 0 Å². The molecule has 0 saturated carbocycles. The standard InChI is InChI=1S/C18H24N4O.2ClH/c23-18(6-5-15-7-8-19-11-15)21-12-16-3-1-2-4-17(16)13-22-10-9-20-14-22;;/h1-4,9-10,14-15,19H,5-8,11-13H2,(H,21,23);2*1H. The van der Waals surface area contributed by atoms with E-state index >= 15 is 0 Å². The Hall–Kier alpha value is -1.56. The Morgan fingerprint density at radius 2 is 2.08 bits per heavy atom. The number of amides is 1. The molecule has 25 heavy (non-hydrogen) atoms. The number of nitrogens with zero attached hydrogens (tertiary/aromatic N) is 2. The van der Waals surface area contributed by atoms with Crippen molar-refractivity contribution in [3.05, 3.63) is 54.1 Å². The van der Waals surface area contributed by atoms with Gasteiger partial charge in [-0.1, -0.05) is 24.3 Å². The van der Waals surface area contributed by atoms with Crippen molar-refractivity contribution in [2.24, 2.45) is 5.92 Å². The summed E-state index contributed by atoms with van der Waals surface area (Å²) in [7, 11) is 0. The molecule has 1 amide bonds. The summed E-state index contributed by atoms with van der Waals surface area (Å²) in [6.45, 7) is 3.52. The lowest BCUT2D eigenvalue weighted by Crippen LogP contribution is -2.24. The van der Waals surface area contributed by atoms with Gasteiger partial charge in [0, 0.05) is 31.9 Å². The minimum atomic E-state index is 0. The Bertz CT molecular complexity index is 628. The van der Waals surface area contributed by atoms with E-state index in [-0.39, 0.29) is 30.7 Å². The molecule has 2 N–H and O–H groups in total. The summed E-state index contributed by atoms with van der Waals surface area (Å²) in [4.78, 5) is 16.1. The molecule has 1 aromatic heterocycles. The highest BCUT2D eigenvalue weighted by Gasteiger charge is 2.15. The van der Waals surface area contributed by atoms with E-state index in [2.05, 4.69) is 27.8 Å². The van der Waals surface area contributed by atoms with Gasteiger partial charge in [0.2, 0.25) is 5.91 Å². The van der Waals surface area contributed by atoms with Crippen LogP contribution in [-0.4, -0.2) is 28.5 Å². The molecule has 0 radical (unpaired) electrons. The van der Waals surface area contributed by atoms with Gasteiger partial charge in [-0.15, -0.1) is 24.8 Å². The van der Waals surface area contributed by atoms with Crippen molar-refractivity contribution in [2.75, 3.05) is 13.1 Å². The molecular weight excluding hydrogens is 359 g/mol. The first kappa shape index (κ1) is 21.5. The molecule has 7 heteroatoms.